The summed E-state index contributed by atoms with van der Waals surface area (Å²) in [5.41, 5.74) is 1.03. The van der Waals surface area contributed by atoms with Crippen LogP contribution in [0.25, 0.3) is 0 Å². The first-order valence-electron chi connectivity index (χ1n) is 6.08. The largest absolute Gasteiger partial charge is 0.490 e. The summed E-state index contributed by atoms with van der Waals surface area (Å²) in [6, 6.07) is 5.05. The lowest BCUT2D eigenvalue weighted by Gasteiger charge is -2.12. The Morgan fingerprint density at radius 3 is 2.61 bits per heavy atom. The van der Waals surface area contributed by atoms with E-state index in [4.69, 9.17) is 4.74 Å². The van der Waals surface area contributed by atoms with Crippen LogP contribution in [0.3, 0.4) is 0 Å². The van der Waals surface area contributed by atoms with E-state index >= 15 is 0 Å². The van der Waals surface area contributed by atoms with Gasteiger partial charge in [-0.25, -0.2) is 0 Å². The van der Waals surface area contributed by atoms with E-state index in [9.17, 15) is 8.78 Å². The molecule has 0 amide bonds. The van der Waals surface area contributed by atoms with Gasteiger partial charge in [0.05, 0.1) is 6.61 Å². The van der Waals surface area contributed by atoms with Crippen LogP contribution in [0.2, 0.25) is 0 Å². The Balaban J connectivity index is 2.74. The Labute approximate surface area is 106 Å². The van der Waals surface area contributed by atoms with Gasteiger partial charge in [-0.3, -0.25) is 0 Å². The molecule has 0 unspecified atom stereocenters. The minimum Gasteiger partial charge on any atom is -0.490 e. The van der Waals surface area contributed by atoms with Crippen molar-refractivity contribution in [3.8, 4) is 11.5 Å². The van der Waals surface area contributed by atoms with E-state index in [1.807, 2.05) is 6.92 Å². The summed E-state index contributed by atoms with van der Waals surface area (Å²) in [5, 5.41) is 3.20. The number of likely N-dealkylation sites (N-methyl/N-ethyl adjacent to an activating group) is 1. The van der Waals surface area contributed by atoms with Crippen LogP contribution in [0, 0.1) is 0 Å². The van der Waals surface area contributed by atoms with Crippen LogP contribution in [0.1, 0.15) is 19.4 Å². The molecule has 0 bridgehead atoms. The lowest BCUT2D eigenvalue weighted by Crippen LogP contribution is -2.16. The molecule has 102 valence electrons. The lowest BCUT2D eigenvalue weighted by molar-refractivity contribution is -0.0514. The van der Waals surface area contributed by atoms with Crippen molar-refractivity contribution < 1.29 is 18.3 Å². The van der Waals surface area contributed by atoms with Gasteiger partial charge in [0.1, 0.15) is 0 Å². The van der Waals surface area contributed by atoms with Gasteiger partial charge in [0.25, 0.3) is 0 Å². The standard InChI is InChI=1S/C13H19F2NO2/c1-3-16-8-7-10-5-6-11(18-13(14)15)12(9-10)17-4-2/h5-6,9,13,16H,3-4,7-8H2,1-2H3. The molecule has 0 aliphatic rings. The van der Waals surface area contributed by atoms with Crippen LogP contribution < -0.4 is 14.8 Å². The molecule has 0 fully saturated rings. The van der Waals surface area contributed by atoms with Gasteiger partial charge in [0.15, 0.2) is 11.5 Å². The van der Waals surface area contributed by atoms with E-state index in [-0.39, 0.29) is 5.75 Å². The quantitative estimate of drug-likeness (QED) is 0.728. The summed E-state index contributed by atoms with van der Waals surface area (Å²) >= 11 is 0. The van der Waals surface area contributed by atoms with E-state index < -0.39 is 6.61 Å². The third kappa shape index (κ3) is 4.87. The summed E-state index contributed by atoms with van der Waals surface area (Å²) in [7, 11) is 0. The molecule has 0 saturated heterocycles. The minimum atomic E-state index is -2.84. The van der Waals surface area contributed by atoms with Gasteiger partial charge in [0.2, 0.25) is 0 Å². The first kappa shape index (κ1) is 14.7. The number of hydrogen-bond donors (Lipinski definition) is 1. The maximum Gasteiger partial charge on any atom is 0.387 e. The summed E-state index contributed by atoms with van der Waals surface area (Å²) in [6.45, 7) is 3.16. The molecule has 1 N–H and O–H groups in total. The highest BCUT2D eigenvalue weighted by molar-refractivity contribution is 5.43. The SMILES string of the molecule is CCNCCc1ccc(OC(F)F)c(OCC)c1. The second-order valence-corrected chi connectivity index (χ2v) is 3.70. The first-order chi connectivity index (χ1) is 8.67. The zero-order valence-corrected chi connectivity index (χ0v) is 10.7. The smallest absolute Gasteiger partial charge is 0.387 e. The first-order valence-corrected chi connectivity index (χ1v) is 6.08. The van der Waals surface area contributed by atoms with Crippen molar-refractivity contribution in [3.63, 3.8) is 0 Å². The highest BCUT2D eigenvalue weighted by atomic mass is 19.3. The highest BCUT2D eigenvalue weighted by Gasteiger charge is 2.11. The molecule has 1 aromatic carbocycles. The van der Waals surface area contributed by atoms with Crippen molar-refractivity contribution in [1.82, 2.24) is 5.32 Å². The molecule has 0 aliphatic heterocycles. The van der Waals surface area contributed by atoms with Crippen LogP contribution in [-0.2, 0) is 6.42 Å². The summed E-state index contributed by atoms with van der Waals surface area (Å²) < 4.78 is 34.1. The van der Waals surface area contributed by atoms with Gasteiger partial charge in [0, 0.05) is 0 Å². The van der Waals surface area contributed by atoms with Crippen molar-refractivity contribution in [2.45, 2.75) is 26.9 Å². The Hall–Kier alpha value is -1.36. The second kappa shape index (κ2) is 7.87. The monoisotopic (exact) mass is 259 g/mol. The molecule has 0 atom stereocenters. The molecule has 1 aromatic rings. The van der Waals surface area contributed by atoms with Crippen LogP contribution >= 0.6 is 0 Å². The molecule has 0 saturated carbocycles. The fourth-order valence-corrected chi connectivity index (χ4v) is 1.58. The predicted molar refractivity (Wildman–Crippen MR) is 66.5 cm³/mol. The number of benzene rings is 1. The second-order valence-electron chi connectivity index (χ2n) is 3.70. The van der Waals surface area contributed by atoms with Crippen LogP contribution in [0.4, 0.5) is 8.78 Å². The van der Waals surface area contributed by atoms with Crippen molar-refractivity contribution in [2.75, 3.05) is 19.7 Å². The third-order valence-electron chi connectivity index (χ3n) is 2.36. The average molecular weight is 259 g/mol. The predicted octanol–water partition coefficient (Wildman–Crippen LogP) is 2.84. The molecule has 0 aromatic heterocycles. The molecular formula is C13H19F2NO2. The molecule has 0 heterocycles. The minimum absolute atomic E-state index is 0.0825. The number of halogens is 2. The van der Waals surface area contributed by atoms with Crippen molar-refractivity contribution in [2.24, 2.45) is 0 Å². The van der Waals surface area contributed by atoms with E-state index in [1.54, 1.807) is 19.1 Å². The fraction of sp³-hybridized carbons (Fsp3) is 0.538. The summed E-state index contributed by atoms with van der Waals surface area (Å²) in [4.78, 5) is 0. The average Bonchev–Trinajstić information content (AvgIpc) is 2.32. The molecular weight excluding hydrogens is 240 g/mol. The van der Waals surface area contributed by atoms with Crippen molar-refractivity contribution in [1.29, 1.82) is 0 Å². The van der Waals surface area contributed by atoms with Crippen LogP contribution in [-0.4, -0.2) is 26.3 Å². The van der Waals surface area contributed by atoms with Crippen molar-refractivity contribution >= 4 is 0 Å². The van der Waals surface area contributed by atoms with Crippen LogP contribution in [0.15, 0.2) is 18.2 Å². The Kier molecular flexibility index (Phi) is 6.43. The van der Waals surface area contributed by atoms with Crippen LogP contribution in [0.5, 0.6) is 11.5 Å². The summed E-state index contributed by atoms with van der Waals surface area (Å²) in [5.74, 6) is 0.450. The van der Waals surface area contributed by atoms with Gasteiger partial charge in [-0.15, -0.1) is 0 Å². The lowest BCUT2D eigenvalue weighted by atomic mass is 10.1. The third-order valence-corrected chi connectivity index (χ3v) is 2.36. The molecule has 5 heteroatoms. The van der Waals surface area contributed by atoms with E-state index in [0.717, 1.165) is 25.1 Å². The number of ether oxygens (including phenoxy) is 2. The topological polar surface area (TPSA) is 30.5 Å². The Morgan fingerprint density at radius 2 is 2.00 bits per heavy atom. The van der Waals surface area contributed by atoms with Gasteiger partial charge >= 0.3 is 6.61 Å². The van der Waals surface area contributed by atoms with Gasteiger partial charge in [-0.1, -0.05) is 13.0 Å². The Bertz CT molecular complexity index is 359. The normalized spacial score (nSPS) is 10.7. The van der Waals surface area contributed by atoms with E-state index in [0.29, 0.717) is 12.4 Å². The molecule has 1 rings (SSSR count). The number of alkyl halides is 2. The van der Waals surface area contributed by atoms with Crippen molar-refractivity contribution in [3.05, 3.63) is 23.8 Å². The molecule has 0 spiro atoms. The maximum absolute atomic E-state index is 12.2. The number of rotatable bonds is 8. The molecule has 0 aliphatic carbocycles. The maximum atomic E-state index is 12.2. The van der Waals surface area contributed by atoms with Gasteiger partial charge in [-0.05, 0) is 44.1 Å². The Morgan fingerprint density at radius 1 is 1.22 bits per heavy atom. The zero-order valence-electron chi connectivity index (χ0n) is 10.7. The van der Waals surface area contributed by atoms with Gasteiger partial charge < -0.3 is 14.8 Å². The fourth-order valence-electron chi connectivity index (χ4n) is 1.58. The van der Waals surface area contributed by atoms with E-state index in [2.05, 4.69) is 10.1 Å². The highest BCUT2D eigenvalue weighted by Crippen LogP contribution is 2.29. The van der Waals surface area contributed by atoms with E-state index in [1.165, 1.54) is 6.07 Å². The zero-order chi connectivity index (χ0) is 13.4. The number of nitrogens with one attached hydrogen (secondary N) is 1. The molecule has 0 radical (unpaired) electrons. The number of hydrogen-bond acceptors (Lipinski definition) is 3. The molecule has 18 heavy (non-hydrogen) atoms. The molecule has 3 nitrogen and oxygen atoms in total. The summed E-state index contributed by atoms with van der Waals surface area (Å²) in [6.07, 6.45) is 0.822. The van der Waals surface area contributed by atoms with Gasteiger partial charge in [-0.2, -0.15) is 8.78 Å².